The second kappa shape index (κ2) is 10.3. The number of benzene rings is 2. The molecule has 224 valence electrons. The smallest absolute Gasteiger partial charge is 0.187 e. The van der Waals surface area contributed by atoms with E-state index in [1.807, 2.05) is 19.1 Å². The summed E-state index contributed by atoms with van der Waals surface area (Å²) in [6.45, 7) is 12.4. The van der Waals surface area contributed by atoms with Gasteiger partial charge in [0.2, 0.25) is 0 Å². The van der Waals surface area contributed by atoms with Crippen molar-refractivity contribution < 1.29 is 24.8 Å². The van der Waals surface area contributed by atoms with Crippen LogP contribution in [-0.2, 0) is 9.47 Å². The van der Waals surface area contributed by atoms with Gasteiger partial charge in [-0.1, -0.05) is 66.9 Å². The summed E-state index contributed by atoms with van der Waals surface area (Å²) in [5, 5.41) is 35.4. The average molecular weight is 580 g/mol. The Kier molecular flexibility index (Phi) is 6.89. The van der Waals surface area contributed by atoms with Gasteiger partial charge in [-0.3, -0.25) is 0 Å². The van der Waals surface area contributed by atoms with Crippen molar-refractivity contribution in [1.82, 2.24) is 0 Å². The summed E-state index contributed by atoms with van der Waals surface area (Å²) in [6, 6.07) is 15.3. The Labute approximate surface area is 254 Å². The maximum atomic E-state index is 12.3. The highest BCUT2D eigenvalue weighted by molar-refractivity contribution is 5.48. The quantitative estimate of drug-likeness (QED) is 0.225. The standard InChI is InChI=1S/C37H41NO5/c1-4-16-36(41)18-14-30-28-13-17-35(40)23-37(42-20-21-43-37)19-15-31(35)32(28)29(22-34(30,36)2)24-5-7-25(8-6-24)33(39)26-9-11-27(38-3)12-10-26/h5-12,28-30,33,39-41H,13-15,17-23H2,1-2H3/t28?,29-,30?,33?,34+,35-,36+/m1/s1. The normalized spacial score (nSPS) is 36.6. The Morgan fingerprint density at radius 1 is 0.953 bits per heavy atom. The summed E-state index contributed by atoms with van der Waals surface area (Å²) >= 11 is 0. The van der Waals surface area contributed by atoms with Crippen LogP contribution in [0.5, 0.6) is 0 Å². The van der Waals surface area contributed by atoms with Crippen LogP contribution in [0.1, 0.15) is 93.9 Å². The first-order valence-corrected chi connectivity index (χ1v) is 15.8. The highest BCUT2D eigenvalue weighted by Crippen LogP contribution is 2.67. The molecular weight excluding hydrogens is 538 g/mol. The van der Waals surface area contributed by atoms with Crippen molar-refractivity contribution in [2.75, 3.05) is 13.2 Å². The molecule has 1 saturated heterocycles. The molecule has 3 saturated carbocycles. The van der Waals surface area contributed by atoms with Gasteiger partial charge in [0.25, 0.3) is 0 Å². The molecular formula is C37H41NO5. The first-order valence-electron chi connectivity index (χ1n) is 15.8. The van der Waals surface area contributed by atoms with E-state index in [0.717, 1.165) is 48.8 Å². The maximum Gasteiger partial charge on any atom is 0.187 e. The number of rotatable bonds is 3. The van der Waals surface area contributed by atoms with Crippen molar-refractivity contribution in [3.63, 3.8) is 0 Å². The van der Waals surface area contributed by atoms with E-state index in [4.69, 9.17) is 16.0 Å². The topological polar surface area (TPSA) is 83.5 Å². The number of fused-ring (bicyclic) bond motifs is 4. The van der Waals surface area contributed by atoms with Crippen molar-refractivity contribution >= 4 is 5.69 Å². The van der Waals surface area contributed by atoms with Crippen molar-refractivity contribution in [2.45, 2.75) is 94.2 Å². The molecule has 7 atom stereocenters. The fourth-order valence-corrected chi connectivity index (χ4v) is 9.56. The predicted octanol–water partition coefficient (Wildman–Crippen LogP) is 6.34. The molecule has 0 aromatic heterocycles. The fourth-order valence-electron chi connectivity index (χ4n) is 9.56. The molecule has 4 fully saturated rings. The van der Waals surface area contributed by atoms with E-state index in [1.54, 1.807) is 24.3 Å². The summed E-state index contributed by atoms with van der Waals surface area (Å²) < 4.78 is 12.2. The van der Waals surface area contributed by atoms with Gasteiger partial charge < -0.3 is 24.8 Å². The van der Waals surface area contributed by atoms with Gasteiger partial charge in [-0.05, 0) is 79.5 Å². The number of aliphatic hydroxyl groups excluding tert-OH is 1. The number of hydrogen-bond donors (Lipinski definition) is 3. The largest absolute Gasteiger partial charge is 0.385 e. The van der Waals surface area contributed by atoms with Gasteiger partial charge in [0.05, 0.1) is 25.4 Å². The van der Waals surface area contributed by atoms with Gasteiger partial charge in [0.1, 0.15) is 11.7 Å². The molecule has 0 amide bonds. The first-order chi connectivity index (χ1) is 20.6. The average Bonchev–Trinajstić information content (AvgIpc) is 3.57. The van der Waals surface area contributed by atoms with Gasteiger partial charge in [-0.25, -0.2) is 4.85 Å². The zero-order chi connectivity index (χ0) is 30.0. The summed E-state index contributed by atoms with van der Waals surface area (Å²) in [5.41, 5.74) is 3.39. The minimum Gasteiger partial charge on any atom is -0.385 e. The first kappa shape index (κ1) is 28.8. The molecule has 6 nitrogen and oxygen atoms in total. The highest BCUT2D eigenvalue weighted by Gasteiger charge is 2.64. The zero-order valence-corrected chi connectivity index (χ0v) is 25.1. The lowest BCUT2D eigenvalue weighted by Crippen LogP contribution is -2.55. The van der Waals surface area contributed by atoms with Crippen LogP contribution < -0.4 is 0 Å². The van der Waals surface area contributed by atoms with Crippen molar-refractivity contribution in [3.8, 4) is 11.8 Å². The maximum absolute atomic E-state index is 12.3. The Balaban J connectivity index is 1.29. The van der Waals surface area contributed by atoms with Crippen molar-refractivity contribution in [1.29, 1.82) is 0 Å². The van der Waals surface area contributed by atoms with Crippen LogP contribution in [0.3, 0.4) is 0 Å². The molecule has 43 heavy (non-hydrogen) atoms. The van der Waals surface area contributed by atoms with Crippen LogP contribution in [0.4, 0.5) is 5.69 Å². The van der Waals surface area contributed by atoms with E-state index in [2.05, 4.69) is 35.7 Å². The van der Waals surface area contributed by atoms with E-state index >= 15 is 0 Å². The third-order valence-electron chi connectivity index (χ3n) is 11.7. The minimum atomic E-state index is -1.04. The van der Waals surface area contributed by atoms with Crippen LogP contribution in [0, 0.1) is 35.7 Å². The molecule has 1 spiro atoms. The SMILES string of the molecule is [C-]#[N+]c1ccc(C(O)c2ccc([C@H]3C[C@@]4(C)C(CC[C@@]4(O)C#CC)C4CC[C@@]5(O)CC6(CCC5=C43)OCCO6)cc2)cc1. The number of hydrogen-bond acceptors (Lipinski definition) is 5. The molecule has 2 aromatic rings. The molecule has 1 heterocycles. The summed E-state index contributed by atoms with van der Waals surface area (Å²) in [4.78, 5) is 3.45. The molecule has 2 aromatic carbocycles. The third-order valence-corrected chi connectivity index (χ3v) is 11.7. The zero-order valence-electron chi connectivity index (χ0n) is 25.1. The van der Waals surface area contributed by atoms with E-state index in [1.165, 1.54) is 11.1 Å². The Bertz CT molecular complexity index is 1540. The molecule has 1 aliphatic heterocycles. The van der Waals surface area contributed by atoms with Gasteiger partial charge in [-0.2, -0.15) is 0 Å². The molecule has 3 N–H and O–H groups in total. The molecule has 0 bridgehead atoms. The van der Waals surface area contributed by atoms with Crippen LogP contribution in [0.15, 0.2) is 59.7 Å². The van der Waals surface area contributed by atoms with Gasteiger partial charge in [0, 0.05) is 24.2 Å². The number of aliphatic hydroxyl groups is 3. The Hall–Kier alpha value is -2.97. The van der Waals surface area contributed by atoms with Crippen LogP contribution in [-0.4, -0.2) is 45.5 Å². The van der Waals surface area contributed by atoms with Gasteiger partial charge in [0.15, 0.2) is 11.5 Å². The molecule has 5 aliphatic rings. The van der Waals surface area contributed by atoms with E-state index in [-0.39, 0.29) is 17.3 Å². The predicted molar refractivity (Wildman–Crippen MR) is 163 cm³/mol. The van der Waals surface area contributed by atoms with E-state index in [9.17, 15) is 15.3 Å². The number of nitrogens with zero attached hydrogens (tertiary/aromatic N) is 1. The Morgan fingerprint density at radius 3 is 2.28 bits per heavy atom. The van der Waals surface area contributed by atoms with Gasteiger partial charge in [-0.15, -0.1) is 5.92 Å². The second-order valence-electron chi connectivity index (χ2n) is 13.7. The lowest BCUT2D eigenvalue weighted by molar-refractivity contribution is -0.208. The molecule has 0 radical (unpaired) electrons. The lowest BCUT2D eigenvalue weighted by Gasteiger charge is -2.57. The van der Waals surface area contributed by atoms with Crippen LogP contribution >= 0.6 is 0 Å². The molecule has 3 unspecified atom stereocenters. The van der Waals surface area contributed by atoms with Gasteiger partial charge >= 0.3 is 0 Å². The van der Waals surface area contributed by atoms with E-state index < -0.39 is 23.1 Å². The number of allylic oxidation sites excluding steroid dienone is 1. The molecule has 7 rings (SSSR count). The second-order valence-corrected chi connectivity index (χ2v) is 13.7. The van der Waals surface area contributed by atoms with Crippen molar-refractivity contribution in [2.24, 2.45) is 17.3 Å². The summed E-state index contributed by atoms with van der Waals surface area (Å²) in [7, 11) is 0. The minimum absolute atomic E-state index is 0.0277. The van der Waals surface area contributed by atoms with E-state index in [0.29, 0.717) is 44.1 Å². The fraction of sp³-hybridized carbons (Fsp3) is 0.541. The Morgan fingerprint density at radius 2 is 1.63 bits per heavy atom. The summed E-state index contributed by atoms with van der Waals surface area (Å²) in [6.07, 6.45) is 5.09. The van der Waals surface area contributed by atoms with Crippen LogP contribution in [0.25, 0.3) is 4.85 Å². The van der Waals surface area contributed by atoms with Crippen LogP contribution in [0.2, 0.25) is 0 Å². The lowest BCUT2D eigenvalue weighted by atomic mass is 9.49. The third kappa shape index (κ3) is 4.42. The monoisotopic (exact) mass is 579 g/mol. The highest BCUT2D eigenvalue weighted by atomic mass is 16.7. The van der Waals surface area contributed by atoms with Crippen molar-refractivity contribution in [3.05, 3.63) is 87.8 Å². The molecule has 4 aliphatic carbocycles. The summed E-state index contributed by atoms with van der Waals surface area (Å²) in [5.74, 6) is 6.19. The molecule has 6 heteroatoms. The number of ether oxygens (including phenoxy) is 2.